The van der Waals surface area contributed by atoms with Crippen molar-refractivity contribution in [3.8, 4) is 0 Å². The van der Waals surface area contributed by atoms with Gasteiger partial charge in [-0.05, 0) is 40.8 Å². The van der Waals surface area contributed by atoms with Gasteiger partial charge in [0.25, 0.3) is 0 Å². The minimum atomic E-state index is -0.239. The van der Waals surface area contributed by atoms with E-state index in [1.165, 1.54) is 12.1 Å². The highest BCUT2D eigenvalue weighted by atomic mass is 127. The van der Waals surface area contributed by atoms with Gasteiger partial charge in [0.05, 0.1) is 5.52 Å². The average molecular weight is 273 g/mol. The minimum Gasteiger partial charge on any atom is -0.242 e. The van der Waals surface area contributed by atoms with E-state index >= 15 is 0 Å². The maximum Gasteiger partial charge on any atom is 0.125 e. The molecule has 3 heteroatoms. The van der Waals surface area contributed by atoms with Crippen molar-refractivity contribution < 1.29 is 4.39 Å². The van der Waals surface area contributed by atoms with Crippen molar-refractivity contribution in [2.75, 3.05) is 0 Å². The fourth-order valence-corrected chi connectivity index (χ4v) is 1.51. The van der Waals surface area contributed by atoms with E-state index in [2.05, 4.69) is 27.6 Å². The third-order valence-corrected chi connectivity index (χ3v) is 2.22. The summed E-state index contributed by atoms with van der Waals surface area (Å²) in [5.41, 5.74) is 0.710. The first-order chi connectivity index (χ1) is 5.75. The first kappa shape index (κ1) is 7.91. The van der Waals surface area contributed by atoms with Crippen LogP contribution in [0.3, 0.4) is 0 Å². The molecule has 0 unspecified atom stereocenters. The summed E-state index contributed by atoms with van der Waals surface area (Å²) in [4.78, 5) is 4.18. The van der Waals surface area contributed by atoms with E-state index in [0.29, 0.717) is 5.52 Å². The Kier molecular flexibility index (Phi) is 1.96. The Labute approximate surface area is 82.8 Å². The SMILES string of the molecule is Fc1ccc2ccc(I)nc2c1. The molecule has 1 aromatic carbocycles. The first-order valence-corrected chi connectivity index (χ1v) is 4.55. The Morgan fingerprint density at radius 2 is 1.92 bits per heavy atom. The van der Waals surface area contributed by atoms with Gasteiger partial charge in [-0.15, -0.1) is 0 Å². The van der Waals surface area contributed by atoms with Gasteiger partial charge in [0.2, 0.25) is 0 Å². The molecule has 2 rings (SSSR count). The van der Waals surface area contributed by atoms with E-state index in [4.69, 9.17) is 0 Å². The molecule has 0 fully saturated rings. The highest BCUT2D eigenvalue weighted by molar-refractivity contribution is 14.1. The largest absolute Gasteiger partial charge is 0.242 e. The zero-order valence-electron chi connectivity index (χ0n) is 6.09. The van der Waals surface area contributed by atoms with E-state index in [1.54, 1.807) is 6.07 Å². The Morgan fingerprint density at radius 3 is 2.75 bits per heavy atom. The summed E-state index contributed by atoms with van der Waals surface area (Å²) in [6.07, 6.45) is 0. The standard InChI is InChI=1S/C9H5FIN/c10-7-3-1-6-2-4-9(11)12-8(6)5-7/h1-5H. The summed E-state index contributed by atoms with van der Waals surface area (Å²) in [5.74, 6) is -0.239. The predicted molar refractivity (Wildman–Crippen MR) is 54.4 cm³/mol. The topological polar surface area (TPSA) is 12.9 Å². The van der Waals surface area contributed by atoms with E-state index in [-0.39, 0.29) is 5.82 Å². The lowest BCUT2D eigenvalue weighted by atomic mass is 10.2. The summed E-state index contributed by atoms with van der Waals surface area (Å²) >= 11 is 2.11. The van der Waals surface area contributed by atoms with Crippen molar-refractivity contribution in [1.82, 2.24) is 4.98 Å². The number of benzene rings is 1. The smallest absolute Gasteiger partial charge is 0.125 e. The molecule has 60 valence electrons. The Hall–Kier alpha value is -0.710. The van der Waals surface area contributed by atoms with Gasteiger partial charge >= 0.3 is 0 Å². The lowest BCUT2D eigenvalue weighted by molar-refractivity contribution is 0.629. The highest BCUT2D eigenvalue weighted by Crippen LogP contribution is 2.14. The zero-order valence-corrected chi connectivity index (χ0v) is 8.25. The quantitative estimate of drug-likeness (QED) is 0.531. The zero-order chi connectivity index (χ0) is 8.55. The molecule has 1 aromatic heterocycles. The molecule has 2 aromatic rings. The van der Waals surface area contributed by atoms with E-state index < -0.39 is 0 Å². The second kappa shape index (κ2) is 2.97. The van der Waals surface area contributed by atoms with Crippen LogP contribution in [0.5, 0.6) is 0 Å². The normalized spacial score (nSPS) is 10.5. The Balaban J connectivity index is 2.80. The van der Waals surface area contributed by atoms with Crippen LogP contribution in [0.25, 0.3) is 10.9 Å². The molecule has 0 N–H and O–H groups in total. The van der Waals surface area contributed by atoms with Crippen molar-refractivity contribution >= 4 is 33.5 Å². The van der Waals surface area contributed by atoms with Gasteiger partial charge < -0.3 is 0 Å². The number of aromatic nitrogens is 1. The van der Waals surface area contributed by atoms with Crippen LogP contribution in [0.2, 0.25) is 0 Å². The van der Waals surface area contributed by atoms with Gasteiger partial charge in [-0.3, -0.25) is 0 Å². The lowest BCUT2D eigenvalue weighted by Gasteiger charge is -1.96. The van der Waals surface area contributed by atoms with Crippen LogP contribution in [-0.4, -0.2) is 4.98 Å². The van der Waals surface area contributed by atoms with Crippen molar-refractivity contribution in [3.05, 3.63) is 39.8 Å². The molecule has 0 saturated carbocycles. The van der Waals surface area contributed by atoms with E-state index in [0.717, 1.165) is 9.09 Å². The molecule has 0 bridgehead atoms. The molecule has 0 amide bonds. The highest BCUT2D eigenvalue weighted by Gasteiger charge is 1.96. The fraction of sp³-hybridized carbons (Fsp3) is 0. The van der Waals surface area contributed by atoms with Gasteiger partial charge in [-0.2, -0.15) is 0 Å². The molecule has 0 aliphatic carbocycles. The number of hydrogen-bond donors (Lipinski definition) is 0. The molecule has 12 heavy (non-hydrogen) atoms. The van der Waals surface area contributed by atoms with E-state index in [1.807, 2.05) is 12.1 Å². The van der Waals surface area contributed by atoms with Gasteiger partial charge in [0, 0.05) is 11.5 Å². The molecular formula is C9H5FIN. The van der Waals surface area contributed by atoms with E-state index in [9.17, 15) is 4.39 Å². The molecule has 1 heterocycles. The third kappa shape index (κ3) is 1.41. The number of nitrogens with zero attached hydrogens (tertiary/aromatic N) is 1. The Morgan fingerprint density at radius 1 is 1.17 bits per heavy atom. The number of rotatable bonds is 0. The van der Waals surface area contributed by atoms with Crippen LogP contribution < -0.4 is 0 Å². The van der Waals surface area contributed by atoms with Crippen molar-refractivity contribution in [2.45, 2.75) is 0 Å². The van der Waals surface area contributed by atoms with Crippen LogP contribution in [0.15, 0.2) is 30.3 Å². The molecule has 0 saturated heterocycles. The molecule has 0 atom stereocenters. The number of fused-ring (bicyclic) bond motifs is 1. The van der Waals surface area contributed by atoms with Crippen LogP contribution in [-0.2, 0) is 0 Å². The van der Waals surface area contributed by atoms with Crippen LogP contribution in [0.4, 0.5) is 4.39 Å². The van der Waals surface area contributed by atoms with Crippen LogP contribution in [0.1, 0.15) is 0 Å². The molecule has 0 aliphatic rings. The van der Waals surface area contributed by atoms with Crippen LogP contribution >= 0.6 is 22.6 Å². The van der Waals surface area contributed by atoms with Crippen molar-refractivity contribution in [3.63, 3.8) is 0 Å². The van der Waals surface area contributed by atoms with Crippen molar-refractivity contribution in [1.29, 1.82) is 0 Å². The molecule has 0 radical (unpaired) electrons. The second-order valence-electron chi connectivity index (χ2n) is 2.47. The van der Waals surface area contributed by atoms with Gasteiger partial charge in [0.15, 0.2) is 0 Å². The fourth-order valence-electron chi connectivity index (χ4n) is 1.07. The lowest BCUT2D eigenvalue weighted by Crippen LogP contribution is -1.83. The first-order valence-electron chi connectivity index (χ1n) is 3.47. The summed E-state index contributed by atoms with van der Waals surface area (Å²) in [5, 5.41) is 0.969. The average Bonchev–Trinajstić information content (AvgIpc) is 2.03. The summed E-state index contributed by atoms with van der Waals surface area (Å²) in [7, 11) is 0. The van der Waals surface area contributed by atoms with Crippen molar-refractivity contribution in [2.24, 2.45) is 0 Å². The minimum absolute atomic E-state index is 0.239. The summed E-state index contributed by atoms with van der Waals surface area (Å²) in [6, 6.07) is 8.45. The summed E-state index contributed by atoms with van der Waals surface area (Å²) in [6.45, 7) is 0. The predicted octanol–water partition coefficient (Wildman–Crippen LogP) is 2.98. The maximum atomic E-state index is 12.7. The van der Waals surface area contributed by atoms with Gasteiger partial charge in [-0.25, -0.2) is 9.37 Å². The summed E-state index contributed by atoms with van der Waals surface area (Å²) < 4.78 is 13.6. The van der Waals surface area contributed by atoms with Crippen LogP contribution in [0, 0.1) is 9.52 Å². The molecule has 1 nitrogen and oxygen atoms in total. The second-order valence-corrected chi connectivity index (χ2v) is 3.58. The third-order valence-electron chi connectivity index (χ3n) is 1.62. The number of halogens is 2. The molecule has 0 spiro atoms. The number of hydrogen-bond acceptors (Lipinski definition) is 1. The molecule has 0 aliphatic heterocycles. The maximum absolute atomic E-state index is 12.7. The van der Waals surface area contributed by atoms with Gasteiger partial charge in [-0.1, -0.05) is 6.07 Å². The number of pyridine rings is 1. The molecular weight excluding hydrogens is 268 g/mol. The monoisotopic (exact) mass is 273 g/mol. The van der Waals surface area contributed by atoms with Gasteiger partial charge in [0.1, 0.15) is 9.52 Å². The Bertz CT molecular complexity index is 391.